The number of anilines is 1. The van der Waals surface area contributed by atoms with E-state index in [0.717, 1.165) is 30.5 Å². The Kier molecular flexibility index (Phi) is 7.10. The van der Waals surface area contributed by atoms with Gasteiger partial charge in [-0.3, -0.25) is 0 Å². The summed E-state index contributed by atoms with van der Waals surface area (Å²) in [4.78, 5) is 17.8. The summed E-state index contributed by atoms with van der Waals surface area (Å²) < 4.78 is 31.0. The smallest absolute Gasteiger partial charge is 0.337 e. The van der Waals surface area contributed by atoms with Crippen LogP contribution in [-0.2, 0) is 9.84 Å². The molecule has 7 nitrogen and oxygen atoms in total. The Hall–Kier alpha value is -2.87. The van der Waals surface area contributed by atoms with Gasteiger partial charge in [0.05, 0.1) is 16.2 Å². The fourth-order valence-corrected chi connectivity index (χ4v) is 4.94. The predicted octanol–water partition coefficient (Wildman–Crippen LogP) is 4.39. The summed E-state index contributed by atoms with van der Waals surface area (Å²) in [7, 11) is -3.64. The van der Waals surface area contributed by atoms with Gasteiger partial charge in [0.2, 0.25) is 0 Å². The first kappa shape index (κ1) is 21.8. The molecule has 0 bridgehead atoms. The van der Waals surface area contributed by atoms with Crippen LogP contribution in [0.4, 0.5) is 6.01 Å². The van der Waals surface area contributed by atoms with Crippen LogP contribution in [-0.4, -0.2) is 43.3 Å². The zero-order chi connectivity index (χ0) is 21.6. The molecule has 0 radical (unpaired) electrons. The number of hydrogen-bond acceptors (Lipinski definition) is 6. The van der Waals surface area contributed by atoms with Crippen LogP contribution < -0.4 is 4.90 Å². The van der Waals surface area contributed by atoms with E-state index in [-0.39, 0.29) is 16.2 Å². The van der Waals surface area contributed by atoms with Crippen LogP contribution in [0.3, 0.4) is 0 Å². The molecule has 0 atom stereocenters. The van der Waals surface area contributed by atoms with Crippen LogP contribution in [0.1, 0.15) is 43.0 Å². The van der Waals surface area contributed by atoms with Gasteiger partial charge >= 0.3 is 5.97 Å². The van der Waals surface area contributed by atoms with Crippen molar-refractivity contribution in [2.75, 3.05) is 23.7 Å². The first-order valence-electron chi connectivity index (χ1n) is 10.1. The molecule has 1 N–H and O–H groups in total. The van der Waals surface area contributed by atoms with Crippen molar-refractivity contribution in [1.82, 2.24) is 4.98 Å². The molecule has 3 rings (SSSR count). The Labute approximate surface area is 176 Å². The maximum Gasteiger partial charge on any atom is 0.337 e. The first-order chi connectivity index (χ1) is 14.4. The van der Waals surface area contributed by atoms with Gasteiger partial charge in [0, 0.05) is 13.1 Å². The Morgan fingerprint density at radius 3 is 2.50 bits per heavy atom. The molecule has 8 heteroatoms. The maximum atomic E-state index is 12.6. The lowest BCUT2D eigenvalue weighted by molar-refractivity contribution is 0.0692. The van der Waals surface area contributed by atoms with Crippen molar-refractivity contribution in [2.24, 2.45) is 0 Å². The number of carbonyl (C=O) groups is 1. The number of sulfone groups is 1. The number of carboxylic acid groups (broad SMARTS) is 1. The lowest BCUT2D eigenvalue weighted by Crippen LogP contribution is -2.25. The van der Waals surface area contributed by atoms with Gasteiger partial charge in [-0.25, -0.2) is 13.2 Å². The average molecular weight is 431 g/mol. The lowest BCUT2D eigenvalue weighted by atomic mass is 10.2. The molecule has 0 spiro atoms. The monoisotopic (exact) mass is 430 g/mol. The minimum Gasteiger partial charge on any atom is -0.478 e. The minimum absolute atomic E-state index is 0.0754. The summed E-state index contributed by atoms with van der Waals surface area (Å²) in [5.74, 6) is -1.31. The number of oxazole rings is 1. The third-order valence-electron chi connectivity index (χ3n) is 4.84. The topological polar surface area (TPSA) is 101 Å². The standard InChI is InChI=1S/C22H26N2O5S/c1-2-14-24(22-23-18-11-5-6-12-19(18)29-22)15-8-3-9-16-30(27,28)20-13-7-4-10-17(20)21(25)26/h4-7,10-13H,2-3,8-9,14-16H2,1H3,(H,25,26). The van der Waals surface area contributed by atoms with E-state index in [0.29, 0.717) is 25.4 Å². The Bertz CT molecular complexity index is 1070. The zero-order valence-electron chi connectivity index (χ0n) is 17.0. The van der Waals surface area contributed by atoms with E-state index in [1.165, 1.54) is 18.2 Å². The lowest BCUT2D eigenvalue weighted by Gasteiger charge is -2.19. The molecule has 1 heterocycles. The van der Waals surface area contributed by atoms with Gasteiger partial charge in [-0.1, -0.05) is 37.6 Å². The Morgan fingerprint density at radius 2 is 1.77 bits per heavy atom. The number of rotatable bonds is 11. The zero-order valence-corrected chi connectivity index (χ0v) is 17.8. The molecule has 0 aliphatic heterocycles. The quantitative estimate of drug-likeness (QED) is 0.450. The molecule has 0 amide bonds. The predicted molar refractivity (Wildman–Crippen MR) is 116 cm³/mol. The molecular formula is C22H26N2O5S. The van der Waals surface area contributed by atoms with E-state index in [1.807, 2.05) is 24.3 Å². The van der Waals surface area contributed by atoms with E-state index in [1.54, 1.807) is 6.07 Å². The van der Waals surface area contributed by atoms with Gasteiger partial charge in [-0.2, -0.15) is 4.98 Å². The van der Waals surface area contributed by atoms with Crippen LogP contribution >= 0.6 is 0 Å². The third kappa shape index (κ3) is 5.18. The highest BCUT2D eigenvalue weighted by Crippen LogP contribution is 2.23. The van der Waals surface area contributed by atoms with Crippen molar-refractivity contribution in [3.05, 3.63) is 54.1 Å². The largest absolute Gasteiger partial charge is 0.478 e. The normalized spacial score (nSPS) is 11.6. The van der Waals surface area contributed by atoms with E-state index in [4.69, 9.17) is 4.42 Å². The van der Waals surface area contributed by atoms with Crippen molar-refractivity contribution >= 4 is 32.9 Å². The fourth-order valence-electron chi connectivity index (χ4n) is 3.36. The number of unbranched alkanes of at least 4 members (excludes halogenated alkanes) is 2. The highest BCUT2D eigenvalue weighted by molar-refractivity contribution is 7.91. The number of aromatic carboxylic acids is 1. The van der Waals surface area contributed by atoms with E-state index in [2.05, 4.69) is 16.8 Å². The summed E-state index contributed by atoms with van der Waals surface area (Å²) in [6.07, 6.45) is 2.90. The average Bonchev–Trinajstić information content (AvgIpc) is 3.17. The third-order valence-corrected chi connectivity index (χ3v) is 6.69. The first-order valence-corrected chi connectivity index (χ1v) is 11.7. The van der Waals surface area contributed by atoms with Gasteiger partial charge in [0.1, 0.15) is 5.52 Å². The summed E-state index contributed by atoms with van der Waals surface area (Å²) in [6.45, 7) is 3.60. The second kappa shape index (κ2) is 9.75. The number of carboxylic acids is 1. The fraction of sp³-hybridized carbons (Fsp3) is 0.364. The van der Waals surface area contributed by atoms with Crippen molar-refractivity contribution in [3.8, 4) is 0 Å². The molecule has 30 heavy (non-hydrogen) atoms. The molecule has 0 fully saturated rings. The van der Waals surface area contributed by atoms with Gasteiger partial charge in [-0.05, 0) is 43.5 Å². The number of nitrogens with zero attached hydrogens (tertiary/aromatic N) is 2. The van der Waals surface area contributed by atoms with Crippen molar-refractivity contribution in [1.29, 1.82) is 0 Å². The van der Waals surface area contributed by atoms with Crippen molar-refractivity contribution in [3.63, 3.8) is 0 Å². The van der Waals surface area contributed by atoms with Crippen molar-refractivity contribution in [2.45, 2.75) is 37.5 Å². The molecule has 3 aromatic rings. The highest BCUT2D eigenvalue weighted by atomic mass is 32.2. The highest BCUT2D eigenvalue weighted by Gasteiger charge is 2.21. The van der Waals surface area contributed by atoms with Gasteiger partial charge < -0.3 is 14.4 Å². The summed E-state index contributed by atoms with van der Waals surface area (Å²) >= 11 is 0. The van der Waals surface area contributed by atoms with Crippen LogP contribution in [0.5, 0.6) is 0 Å². The molecule has 0 saturated heterocycles. The van der Waals surface area contributed by atoms with Crippen LogP contribution in [0, 0.1) is 0 Å². The second-order valence-corrected chi connectivity index (χ2v) is 9.21. The number of aromatic nitrogens is 1. The Morgan fingerprint density at radius 1 is 1.03 bits per heavy atom. The van der Waals surface area contributed by atoms with Crippen LogP contribution in [0.15, 0.2) is 57.8 Å². The number of para-hydroxylation sites is 2. The SMILES string of the molecule is CCCN(CCCCCS(=O)(=O)c1ccccc1C(=O)O)c1nc2ccccc2o1. The molecular weight excluding hydrogens is 404 g/mol. The molecule has 0 saturated carbocycles. The Balaban J connectivity index is 1.56. The van der Waals surface area contributed by atoms with Gasteiger partial charge in [0.15, 0.2) is 15.4 Å². The van der Waals surface area contributed by atoms with E-state index < -0.39 is 15.8 Å². The van der Waals surface area contributed by atoms with Gasteiger partial charge in [0.25, 0.3) is 6.01 Å². The minimum atomic E-state index is -3.64. The van der Waals surface area contributed by atoms with Gasteiger partial charge in [-0.15, -0.1) is 0 Å². The van der Waals surface area contributed by atoms with Crippen LogP contribution in [0.25, 0.3) is 11.1 Å². The number of fused-ring (bicyclic) bond motifs is 1. The molecule has 0 aliphatic rings. The summed E-state index contributed by atoms with van der Waals surface area (Å²) in [5.41, 5.74) is 1.39. The number of hydrogen-bond donors (Lipinski definition) is 1. The summed E-state index contributed by atoms with van der Waals surface area (Å²) in [5, 5.41) is 9.23. The van der Waals surface area contributed by atoms with E-state index >= 15 is 0 Å². The molecule has 0 unspecified atom stereocenters. The molecule has 2 aromatic carbocycles. The number of benzene rings is 2. The van der Waals surface area contributed by atoms with Crippen LogP contribution in [0.2, 0.25) is 0 Å². The molecule has 0 aliphatic carbocycles. The molecule has 1 aromatic heterocycles. The van der Waals surface area contributed by atoms with E-state index in [9.17, 15) is 18.3 Å². The second-order valence-electron chi connectivity index (χ2n) is 7.13. The molecule has 160 valence electrons. The van der Waals surface area contributed by atoms with Crippen molar-refractivity contribution < 1.29 is 22.7 Å². The maximum absolute atomic E-state index is 12.6. The summed E-state index contributed by atoms with van der Waals surface area (Å²) in [6, 6.07) is 13.9.